The van der Waals surface area contributed by atoms with Gasteiger partial charge in [0.2, 0.25) is 0 Å². The van der Waals surface area contributed by atoms with Gasteiger partial charge in [-0.05, 0) is 79.9 Å². The molecule has 0 spiro atoms. The number of aryl methyl sites for hydroxylation is 2. The molecule has 166 valence electrons. The summed E-state index contributed by atoms with van der Waals surface area (Å²) in [5, 5.41) is 3.40. The van der Waals surface area contributed by atoms with Crippen molar-refractivity contribution in [2.75, 3.05) is 22.8 Å². The molecule has 1 N–H and O–H groups in total. The van der Waals surface area contributed by atoms with Crippen molar-refractivity contribution in [3.8, 4) is 5.75 Å². The van der Waals surface area contributed by atoms with Crippen molar-refractivity contribution in [2.24, 2.45) is 0 Å². The molecule has 0 saturated carbocycles. The second-order valence-electron chi connectivity index (χ2n) is 7.63. The summed E-state index contributed by atoms with van der Waals surface area (Å²) in [6, 6.07) is 18.9. The summed E-state index contributed by atoms with van der Waals surface area (Å²) < 4.78 is 33.3. The monoisotopic (exact) mass is 470 g/mol. The van der Waals surface area contributed by atoms with Crippen molar-refractivity contribution in [1.29, 1.82) is 0 Å². The topological polar surface area (TPSA) is 75.7 Å². The van der Waals surface area contributed by atoms with Gasteiger partial charge in [0.15, 0.2) is 6.61 Å². The van der Waals surface area contributed by atoms with Crippen molar-refractivity contribution in [3.05, 3.63) is 82.9 Å². The van der Waals surface area contributed by atoms with Crippen LogP contribution in [0.1, 0.15) is 17.5 Å². The van der Waals surface area contributed by atoms with E-state index in [1.807, 2.05) is 13.0 Å². The van der Waals surface area contributed by atoms with Gasteiger partial charge in [-0.15, -0.1) is 0 Å². The normalized spacial score (nSPS) is 13.4. The zero-order valence-corrected chi connectivity index (χ0v) is 19.1. The van der Waals surface area contributed by atoms with E-state index in [4.69, 9.17) is 16.3 Å². The van der Waals surface area contributed by atoms with Gasteiger partial charge in [0.05, 0.1) is 10.6 Å². The highest BCUT2D eigenvalue weighted by molar-refractivity contribution is 7.92. The molecule has 0 radical (unpaired) electrons. The summed E-state index contributed by atoms with van der Waals surface area (Å²) in [6.45, 7) is 2.19. The van der Waals surface area contributed by atoms with E-state index in [0.29, 0.717) is 35.1 Å². The second kappa shape index (κ2) is 9.22. The van der Waals surface area contributed by atoms with Crippen molar-refractivity contribution in [3.63, 3.8) is 0 Å². The Morgan fingerprint density at radius 1 is 1.06 bits per heavy atom. The lowest BCUT2D eigenvalue weighted by Crippen LogP contribution is -2.35. The first-order chi connectivity index (χ1) is 15.3. The van der Waals surface area contributed by atoms with E-state index in [-0.39, 0.29) is 17.4 Å². The lowest BCUT2D eigenvalue weighted by molar-refractivity contribution is -0.118. The van der Waals surface area contributed by atoms with Crippen LogP contribution < -0.4 is 14.4 Å². The van der Waals surface area contributed by atoms with Crippen LogP contribution in [0.25, 0.3) is 0 Å². The van der Waals surface area contributed by atoms with Crippen molar-refractivity contribution < 1.29 is 17.9 Å². The minimum atomic E-state index is -3.65. The third-order valence-corrected chi connectivity index (χ3v) is 7.31. The molecule has 8 heteroatoms. The van der Waals surface area contributed by atoms with E-state index >= 15 is 0 Å². The first-order valence-corrected chi connectivity index (χ1v) is 12.1. The largest absolute Gasteiger partial charge is 0.484 e. The number of fused-ring (bicyclic) bond motifs is 1. The minimum absolute atomic E-state index is 0.146. The van der Waals surface area contributed by atoms with Gasteiger partial charge in [-0.3, -0.25) is 9.10 Å². The Morgan fingerprint density at radius 2 is 1.78 bits per heavy atom. The lowest BCUT2D eigenvalue weighted by Gasteiger charge is -2.31. The number of carbonyl (C=O) groups is 1. The number of benzene rings is 3. The van der Waals surface area contributed by atoms with Crippen molar-refractivity contribution in [1.82, 2.24) is 0 Å². The van der Waals surface area contributed by atoms with Crippen LogP contribution in [0.4, 0.5) is 11.4 Å². The molecule has 0 bridgehead atoms. The summed E-state index contributed by atoms with van der Waals surface area (Å²) in [7, 11) is -3.65. The molecule has 0 unspecified atom stereocenters. The van der Waals surface area contributed by atoms with Gasteiger partial charge in [-0.2, -0.15) is 0 Å². The molecule has 0 saturated heterocycles. The highest BCUT2D eigenvalue weighted by Crippen LogP contribution is 2.33. The van der Waals surface area contributed by atoms with E-state index in [9.17, 15) is 13.2 Å². The fourth-order valence-electron chi connectivity index (χ4n) is 3.60. The Bertz CT molecular complexity index is 1230. The van der Waals surface area contributed by atoms with Gasteiger partial charge < -0.3 is 10.1 Å². The van der Waals surface area contributed by atoms with Gasteiger partial charge in [0.25, 0.3) is 15.9 Å². The summed E-state index contributed by atoms with van der Waals surface area (Å²) in [6.07, 6.45) is 1.44. The standard InChI is InChI=1S/C24H23ClN2O4S/c1-17-4-11-22(12-5-17)32(29,30)27-14-2-3-18-15-20(8-13-23(18)27)26-24(28)16-31-21-9-6-19(25)7-10-21/h4-13,15H,2-3,14,16H2,1H3,(H,26,28). The minimum Gasteiger partial charge on any atom is -0.484 e. The Morgan fingerprint density at radius 3 is 2.50 bits per heavy atom. The van der Waals surface area contributed by atoms with Crippen LogP contribution in [-0.2, 0) is 21.2 Å². The summed E-state index contributed by atoms with van der Waals surface area (Å²) in [5.74, 6) is 0.242. The number of amides is 1. The molecule has 0 aliphatic carbocycles. The highest BCUT2D eigenvalue weighted by Gasteiger charge is 2.29. The van der Waals surface area contributed by atoms with Crippen LogP contribution in [0, 0.1) is 6.92 Å². The average molecular weight is 471 g/mol. The molecule has 3 aromatic carbocycles. The fraction of sp³-hybridized carbons (Fsp3) is 0.208. The maximum Gasteiger partial charge on any atom is 0.264 e. The Kier molecular flexibility index (Phi) is 6.39. The number of nitrogens with zero attached hydrogens (tertiary/aromatic N) is 1. The van der Waals surface area contributed by atoms with Gasteiger partial charge >= 0.3 is 0 Å². The Balaban J connectivity index is 1.47. The number of anilines is 2. The molecule has 3 aromatic rings. The molecule has 0 aromatic heterocycles. The van der Waals surface area contributed by atoms with E-state index < -0.39 is 10.0 Å². The molecule has 1 amide bonds. The van der Waals surface area contributed by atoms with E-state index in [1.54, 1.807) is 60.7 Å². The number of carbonyl (C=O) groups excluding carboxylic acids is 1. The number of halogens is 1. The Hall–Kier alpha value is -3.03. The van der Waals surface area contributed by atoms with Gasteiger partial charge in [0, 0.05) is 17.3 Å². The number of ether oxygens (including phenoxy) is 1. The predicted molar refractivity (Wildman–Crippen MR) is 126 cm³/mol. The molecule has 1 heterocycles. The van der Waals surface area contributed by atoms with Gasteiger partial charge in [0.1, 0.15) is 5.75 Å². The number of nitrogens with one attached hydrogen (secondary N) is 1. The summed E-state index contributed by atoms with van der Waals surface area (Å²) >= 11 is 5.84. The van der Waals surface area contributed by atoms with Crippen LogP contribution in [0.15, 0.2) is 71.6 Å². The van der Waals surface area contributed by atoms with Crippen LogP contribution in [0.3, 0.4) is 0 Å². The van der Waals surface area contributed by atoms with Crippen molar-refractivity contribution in [2.45, 2.75) is 24.7 Å². The zero-order chi connectivity index (χ0) is 22.7. The Labute approximate surface area is 192 Å². The second-order valence-corrected chi connectivity index (χ2v) is 9.93. The number of rotatable bonds is 6. The maximum atomic E-state index is 13.2. The third-order valence-electron chi connectivity index (χ3n) is 5.23. The first-order valence-electron chi connectivity index (χ1n) is 10.2. The van der Waals surface area contributed by atoms with Crippen LogP contribution in [-0.4, -0.2) is 27.5 Å². The zero-order valence-electron chi connectivity index (χ0n) is 17.5. The fourth-order valence-corrected chi connectivity index (χ4v) is 5.27. The van der Waals surface area contributed by atoms with Crippen LogP contribution in [0.5, 0.6) is 5.75 Å². The van der Waals surface area contributed by atoms with Gasteiger partial charge in [-0.1, -0.05) is 29.3 Å². The molecule has 4 rings (SSSR count). The highest BCUT2D eigenvalue weighted by atomic mass is 35.5. The molecule has 32 heavy (non-hydrogen) atoms. The van der Waals surface area contributed by atoms with Crippen molar-refractivity contribution >= 4 is 38.9 Å². The number of hydrogen-bond donors (Lipinski definition) is 1. The molecule has 6 nitrogen and oxygen atoms in total. The molecular weight excluding hydrogens is 448 g/mol. The average Bonchev–Trinajstić information content (AvgIpc) is 2.78. The maximum absolute atomic E-state index is 13.2. The van der Waals surface area contributed by atoms with Crippen LogP contribution in [0.2, 0.25) is 5.02 Å². The molecule has 0 fully saturated rings. The smallest absolute Gasteiger partial charge is 0.264 e. The number of sulfonamides is 1. The first kappa shape index (κ1) is 22.2. The molecule has 1 aliphatic rings. The molecular formula is C24H23ClN2O4S. The van der Waals surface area contributed by atoms with E-state index in [0.717, 1.165) is 17.5 Å². The molecule has 1 aliphatic heterocycles. The van der Waals surface area contributed by atoms with Gasteiger partial charge in [-0.25, -0.2) is 8.42 Å². The van der Waals surface area contributed by atoms with E-state index in [1.165, 1.54) is 4.31 Å². The SMILES string of the molecule is Cc1ccc(S(=O)(=O)N2CCCc3cc(NC(=O)COc4ccc(Cl)cc4)ccc32)cc1. The summed E-state index contributed by atoms with van der Waals surface area (Å²) in [5.41, 5.74) is 3.13. The quantitative estimate of drug-likeness (QED) is 0.561. The van der Waals surface area contributed by atoms with E-state index in [2.05, 4.69) is 5.32 Å². The lowest BCUT2D eigenvalue weighted by atomic mass is 10.0. The predicted octanol–water partition coefficient (Wildman–Crippen LogP) is 4.81. The third kappa shape index (κ3) is 4.89. The van der Waals surface area contributed by atoms with Crippen LogP contribution >= 0.6 is 11.6 Å². The molecule has 0 atom stereocenters. The number of hydrogen-bond acceptors (Lipinski definition) is 4. The summed E-state index contributed by atoms with van der Waals surface area (Å²) in [4.78, 5) is 12.6.